The van der Waals surface area contributed by atoms with Crippen LogP contribution >= 0.6 is 23.2 Å². The Balaban J connectivity index is 2.48. The molecule has 6 heteroatoms. The Kier molecular flexibility index (Phi) is 5.14. The Hall–Kier alpha value is -1.52. The second-order valence-corrected chi connectivity index (χ2v) is 6.31. The number of amides is 1. The molecule has 1 N–H and O–H groups in total. The van der Waals surface area contributed by atoms with Crippen LogP contribution in [-0.4, -0.2) is 18.0 Å². The lowest BCUT2D eigenvalue weighted by Crippen LogP contribution is -2.34. The van der Waals surface area contributed by atoms with Crippen LogP contribution in [0, 0.1) is 0 Å². The number of nitrogens with one attached hydrogen (secondary N) is 1. The number of hydrogen-bond donors (Lipinski definition) is 1. The number of esters is 1. The summed E-state index contributed by atoms with van der Waals surface area (Å²) < 4.78 is 5.29. The number of benzene rings is 1. The van der Waals surface area contributed by atoms with Gasteiger partial charge in [-0.1, -0.05) is 29.3 Å². The first-order valence-corrected chi connectivity index (χ1v) is 7.71. The maximum atomic E-state index is 12.4. The zero-order valence-corrected chi connectivity index (χ0v) is 14.1. The van der Waals surface area contributed by atoms with Gasteiger partial charge >= 0.3 is 5.97 Å². The van der Waals surface area contributed by atoms with Gasteiger partial charge in [0, 0.05) is 28.1 Å². The number of hydrogen-bond acceptors (Lipinski definition) is 3. The third-order valence-electron chi connectivity index (χ3n) is 3.37. The maximum Gasteiger partial charge on any atom is 0.336 e. The molecule has 1 aromatic carbocycles. The van der Waals surface area contributed by atoms with Crippen molar-refractivity contribution in [2.24, 2.45) is 0 Å². The van der Waals surface area contributed by atoms with Crippen LogP contribution < -0.4 is 5.32 Å². The van der Waals surface area contributed by atoms with Crippen LogP contribution in [0.5, 0.6) is 0 Å². The molecule has 1 amide bonds. The van der Waals surface area contributed by atoms with E-state index in [2.05, 4.69) is 5.32 Å². The van der Waals surface area contributed by atoms with Crippen molar-refractivity contribution < 1.29 is 14.3 Å². The third-order valence-corrected chi connectivity index (χ3v) is 3.93. The van der Waals surface area contributed by atoms with Crippen molar-refractivity contribution >= 4 is 35.1 Å². The number of halogens is 2. The van der Waals surface area contributed by atoms with Gasteiger partial charge in [0.15, 0.2) is 0 Å². The average Bonchev–Trinajstić information content (AvgIpc) is 2.36. The standard InChI is InChI=1S/C16H17Cl2NO3/c1-8(2)22-16(21)15-9(3)19-14(20)7-12(15)11-5-4-10(17)6-13(11)18/h4-6,8,12H,7H2,1-3H3,(H,19,20)/t12-/m0/s1. The van der Waals surface area contributed by atoms with Crippen LogP contribution in [0.15, 0.2) is 29.5 Å². The number of ether oxygens (including phenoxy) is 1. The number of allylic oxidation sites excluding steroid dienone is 1. The van der Waals surface area contributed by atoms with Crippen molar-refractivity contribution in [3.63, 3.8) is 0 Å². The lowest BCUT2D eigenvalue weighted by Gasteiger charge is -2.27. The highest BCUT2D eigenvalue weighted by molar-refractivity contribution is 6.35. The summed E-state index contributed by atoms with van der Waals surface area (Å²) in [6.45, 7) is 5.24. The summed E-state index contributed by atoms with van der Waals surface area (Å²) in [5.74, 6) is -1.04. The molecule has 118 valence electrons. The summed E-state index contributed by atoms with van der Waals surface area (Å²) in [4.78, 5) is 24.2. The molecular formula is C16H17Cl2NO3. The molecule has 0 saturated carbocycles. The molecule has 1 aliphatic rings. The van der Waals surface area contributed by atoms with Crippen molar-refractivity contribution in [1.29, 1.82) is 0 Å². The Bertz CT molecular complexity index is 653. The zero-order valence-electron chi connectivity index (χ0n) is 12.6. The Labute approximate surface area is 139 Å². The van der Waals surface area contributed by atoms with E-state index < -0.39 is 11.9 Å². The zero-order chi connectivity index (χ0) is 16.4. The first kappa shape index (κ1) is 16.8. The fourth-order valence-corrected chi connectivity index (χ4v) is 3.04. The third kappa shape index (κ3) is 3.62. The highest BCUT2D eigenvalue weighted by Gasteiger charge is 2.34. The highest BCUT2D eigenvalue weighted by Crippen LogP contribution is 2.38. The molecule has 0 unspecified atom stereocenters. The van der Waals surface area contributed by atoms with E-state index in [4.69, 9.17) is 27.9 Å². The van der Waals surface area contributed by atoms with Crippen molar-refractivity contribution in [2.75, 3.05) is 0 Å². The molecule has 0 fully saturated rings. The molecule has 0 bridgehead atoms. The second-order valence-electron chi connectivity index (χ2n) is 5.46. The molecule has 0 spiro atoms. The Morgan fingerprint density at radius 3 is 2.64 bits per heavy atom. The van der Waals surface area contributed by atoms with Crippen LogP contribution in [0.2, 0.25) is 10.0 Å². The molecule has 0 saturated heterocycles. The maximum absolute atomic E-state index is 12.4. The van der Waals surface area contributed by atoms with E-state index in [9.17, 15) is 9.59 Å². The van der Waals surface area contributed by atoms with Crippen LogP contribution in [0.4, 0.5) is 0 Å². The monoisotopic (exact) mass is 341 g/mol. The summed E-state index contributed by atoms with van der Waals surface area (Å²) in [6.07, 6.45) is -0.104. The molecule has 0 radical (unpaired) electrons. The molecule has 0 aliphatic carbocycles. The van der Waals surface area contributed by atoms with Gasteiger partial charge in [-0.3, -0.25) is 4.79 Å². The molecule has 22 heavy (non-hydrogen) atoms. The van der Waals surface area contributed by atoms with Crippen molar-refractivity contribution in [1.82, 2.24) is 5.32 Å². The normalized spacial score (nSPS) is 18.5. The van der Waals surface area contributed by atoms with Gasteiger partial charge in [-0.15, -0.1) is 0 Å². The van der Waals surface area contributed by atoms with E-state index in [0.717, 1.165) is 0 Å². The molecular weight excluding hydrogens is 325 g/mol. The minimum absolute atomic E-state index is 0.140. The van der Waals surface area contributed by atoms with Crippen molar-refractivity contribution in [3.05, 3.63) is 45.1 Å². The Morgan fingerprint density at radius 1 is 1.36 bits per heavy atom. The molecule has 0 aromatic heterocycles. The summed E-state index contributed by atoms with van der Waals surface area (Å²) in [5.41, 5.74) is 1.62. The summed E-state index contributed by atoms with van der Waals surface area (Å²) in [6, 6.07) is 5.03. The van der Waals surface area contributed by atoms with Crippen LogP contribution in [-0.2, 0) is 14.3 Å². The summed E-state index contributed by atoms with van der Waals surface area (Å²) in [7, 11) is 0. The Morgan fingerprint density at radius 2 is 2.05 bits per heavy atom. The minimum atomic E-state index is -0.441. The molecule has 1 heterocycles. The molecule has 2 rings (SSSR count). The average molecular weight is 342 g/mol. The van der Waals surface area contributed by atoms with E-state index in [1.807, 2.05) is 0 Å². The largest absolute Gasteiger partial charge is 0.460 e. The number of carbonyl (C=O) groups excluding carboxylic acids is 2. The first-order chi connectivity index (χ1) is 10.3. The van der Waals surface area contributed by atoms with Crippen molar-refractivity contribution in [2.45, 2.75) is 39.2 Å². The summed E-state index contributed by atoms with van der Waals surface area (Å²) >= 11 is 12.2. The lowest BCUT2D eigenvalue weighted by atomic mass is 9.84. The summed E-state index contributed by atoms with van der Waals surface area (Å²) in [5, 5.41) is 3.61. The number of carbonyl (C=O) groups is 2. The van der Waals surface area contributed by atoms with E-state index in [1.165, 1.54) is 0 Å². The van der Waals surface area contributed by atoms with E-state index >= 15 is 0 Å². The van der Waals surface area contributed by atoms with Gasteiger partial charge in [0.1, 0.15) is 0 Å². The molecule has 1 aliphatic heterocycles. The van der Waals surface area contributed by atoms with Crippen LogP contribution in [0.1, 0.15) is 38.7 Å². The second kappa shape index (κ2) is 6.71. The SMILES string of the molecule is CC1=C(C(=O)OC(C)C)[C@H](c2ccc(Cl)cc2Cl)CC(=O)N1. The van der Waals surface area contributed by atoms with Gasteiger partial charge in [-0.05, 0) is 38.5 Å². The number of rotatable bonds is 3. The van der Waals surface area contributed by atoms with E-state index in [0.29, 0.717) is 26.9 Å². The van der Waals surface area contributed by atoms with Gasteiger partial charge in [0.25, 0.3) is 0 Å². The molecule has 1 aromatic rings. The predicted molar refractivity (Wildman–Crippen MR) is 85.9 cm³/mol. The van der Waals surface area contributed by atoms with Gasteiger partial charge in [0.05, 0.1) is 11.7 Å². The van der Waals surface area contributed by atoms with Crippen LogP contribution in [0.3, 0.4) is 0 Å². The fraction of sp³-hybridized carbons (Fsp3) is 0.375. The van der Waals surface area contributed by atoms with E-state index in [1.54, 1.807) is 39.0 Å². The van der Waals surface area contributed by atoms with Gasteiger partial charge in [-0.2, -0.15) is 0 Å². The fourth-order valence-electron chi connectivity index (χ4n) is 2.50. The van der Waals surface area contributed by atoms with E-state index in [-0.39, 0.29) is 18.4 Å². The quantitative estimate of drug-likeness (QED) is 0.850. The first-order valence-electron chi connectivity index (χ1n) is 6.96. The lowest BCUT2D eigenvalue weighted by molar-refractivity contribution is -0.143. The van der Waals surface area contributed by atoms with Gasteiger partial charge in [0.2, 0.25) is 5.91 Å². The molecule has 1 atom stereocenters. The topological polar surface area (TPSA) is 55.4 Å². The molecule has 4 nitrogen and oxygen atoms in total. The van der Waals surface area contributed by atoms with Gasteiger partial charge < -0.3 is 10.1 Å². The predicted octanol–water partition coefficient (Wildman–Crippen LogP) is 3.82. The van der Waals surface area contributed by atoms with Gasteiger partial charge in [-0.25, -0.2) is 4.79 Å². The van der Waals surface area contributed by atoms with Crippen LogP contribution in [0.25, 0.3) is 0 Å². The smallest absolute Gasteiger partial charge is 0.336 e. The highest BCUT2D eigenvalue weighted by atomic mass is 35.5. The minimum Gasteiger partial charge on any atom is -0.460 e. The van der Waals surface area contributed by atoms with Crippen molar-refractivity contribution in [3.8, 4) is 0 Å².